The second kappa shape index (κ2) is 9.55. The van der Waals surface area contributed by atoms with Gasteiger partial charge in [-0.05, 0) is 68.7 Å². The molecule has 2 aromatic carbocycles. The maximum absolute atomic E-state index is 12.6. The van der Waals surface area contributed by atoms with Crippen LogP contribution in [0, 0.1) is 0 Å². The Hall–Kier alpha value is -2.60. The van der Waals surface area contributed by atoms with Crippen molar-refractivity contribution in [3.05, 3.63) is 54.1 Å². The fraction of sp³-hybridized carbons (Fsp3) is 0.364. The second-order valence-electron chi connectivity index (χ2n) is 6.98. The first-order chi connectivity index (χ1) is 13.6. The zero-order valence-electron chi connectivity index (χ0n) is 16.4. The highest BCUT2D eigenvalue weighted by Crippen LogP contribution is 2.28. The molecule has 6 heteroatoms. The zero-order valence-corrected chi connectivity index (χ0v) is 17.2. The molecule has 1 aliphatic heterocycles. The fourth-order valence-electron chi connectivity index (χ4n) is 3.17. The maximum atomic E-state index is 12.6. The van der Waals surface area contributed by atoms with Crippen molar-refractivity contribution in [2.24, 2.45) is 0 Å². The summed E-state index contributed by atoms with van der Waals surface area (Å²) in [7, 11) is 0. The Morgan fingerprint density at radius 1 is 1.18 bits per heavy atom. The highest BCUT2D eigenvalue weighted by atomic mass is 32.1. The van der Waals surface area contributed by atoms with Crippen LogP contribution in [0.5, 0.6) is 5.75 Å². The van der Waals surface area contributed by atoms with E-state index in [9.17, 15) is 4.79 Å². The van der Waals surface area contributed by atoms with Gasteiger partial charge in [0.25, 0.3) is 5.91 Å². The normalized spacial score (nSPS) is 14.4. The molecule has 1 amide bonds. The van der Waals surface area contributed by atoms with Crippen molar-refractivity contribution in [1.82, 2.24) is 5.32 Å². The van der Waals surface area contributed by atoms with Gasteiger partial charge in [0.05, 0.1) is 17.5 Å². The highest BCUT2D eigenvalue weighted by molar-refractivity contribution is 7.80. The molecule has 1 atom stereocenters. The molecule has 5 nitrogen and oxygen atoms in total. The summed E-state index contributed by atoms with van der Waals surface area (Å²) in [6.07, 6.45) is 3.40. The summed E-state index contributed by atoms with van der Waals surface area (Å²) in [6, 6.07) is 15.2. The lowest BCUT2D eigenvalue weighted by Gasteiger charge is -2.22. The first kappa shape index (κ1) is 20.1. The summed E-state index contributed by atoms with van der Waals surface area (Å²) in [5.74, 6) is 0.422. The van der Waals surface area contributed by atoms with Gasteiger partial charge in [-0.25, -0.2) is 0 Å². The van der Waals surface area contributed by atoms with Gasteiger partial charge < -0.3 is 15.0 Å². The topological polar surface area (TPSA) is 53.6 Å². The van der Waals surface area contributed by atoms with Crippen molar-refractivity contribution in [1.29, 1.82) is 0 Å². The molecule has 1 heterocycles. The molecule has 148 valence electrons. The molecule has 0 saturated carbocycles. The summed E-state index contributed by atoms with van der Waals surface area (Å²) in [5, 5.41) is 6.22. The monoisotopic (exact) mass is 397 g/mol. The van der Waals surface area contributed by atoms with Crippen molar-refractivity contribution in [2.75, 3.05) is 23.3 Å². The minimum absolute atomic E-state index is 0.100. The number of hydrogen-bond donors (Lipinski definition) is 2. The average Bonchev–Trinajstić information content (AvgIpc) is 3.23. The lowest BCUT2D eigenvalue weighted by Crippen LogP contribution is -2.34. The van der Waals surface area contributed by atoms with Crippen LogP contribution in [-0.4, -0.2) is 30.2 Å². The number of carbonyl (C=O) groups excluding carboxylic acids is 1. The Bertz CT molecular complexity index is 834. The third-order valence-corrected chi connectivity index (χ3v) is 5.04. The number of anilines is 2. The Morgan fingerprint density at radius 2 is 1.93 bits per heavy atom. The summed E-state index contributed by atoms with van der Waals surface area (Å²) < 4.78 is 5.79. The van der Waals surface area contributed by atoms with Crippen LogP contribution >= 0.6 is 12.2 Å². The molecule has 0 radical (unpaired) electrons. The molecule has 1 fully saturated rings. The van der Waals surface area contributed by atoms with Gasteiger partial charge in [0.2, 0.25) is 0 Å². The molecule has 3 rings (SSSR count). The predicted octanol–water partition coefficient (Wildman–Crippen LogP) is 4.59. The summed E-state index contributed by atoms with van der Waals surface area (Å²) in [4.78, 5) is 14.9. The number of nitrogens with one attached hydrogen (secondary N) is 2. The average molecular weight is 398 g/mol. The minimum Gasteiger partial charge on any atom is -0.491 e. The van der Waals surface area contributed by atoms with Crippen LogP contribution in [0.3, 0.4) is 0 Å². The number of hydrogen-bond acceptors (Lipinski definition) is 4. The first-order valence-corrected chi connectivity index (χ1v) is 10.2. The van der Waals surface area contributed by atoms with Crippen molar-refractivity contribution < 1.29 is 9.53 Å². The van der Waals surface area contributed by atoms with Crippen molar-refractivity contribution >= 4 is 34.6 Å². The maximum Gasteiger partial charge on any atom is 0.257 e. The van der Waals surface area contributed by atoms with Gasteiger partial charge in [-0.1, -0.05) is 25.1 Å². The third-order valence-electron chi connectivity index (χ3n) is 4.83. The Morgan fingerprint density at radius 3 is 2.68 bits per heavy atom. The van der Waals surface area contributed by atoms with Crippen LogP contribution in [0.2, 0.25) is 0 Å². The zero-order chi connectivity index (χ0) is 19.9. The van der Waals surface area contributed by atoms with E-state index in [0.717, 1.165) is 30.9 Å². The molecule has 1 saturated heterocycles. The van der Waals surface area contributed by atoms with Gasteiger partial charge >= 0.3 is 0 Å². The van der Waals surface area contributed by atoms with E-state index in [2.05, 4.69) is 28.5 Å². The first-order valence-electron chi connectivity index (χ1n) is 9.80. The number of rotatable bonds is 6. The largest absolute Gasteiger partial charge is 0.491 e. The van der Waals surface area contributed by atoms with Gasteiger partial charge in [-0.2, -0.15) is 0 Å². The number of nitrogens with zero attached hydrogens (tertiary/aromatic N) is 1. The number of ether oxygens (including phenoxy) is 1. The number of carbonyl (C=O) groups is 1. The Balaban J connectivity index is 1.64. The standard InChI is InChI=1S/C22H27N3O2S/c1-3-16(2)27-18-10-8-9-17(15-18)21(26)24-22(28)23-19-11-4-5-12-20(19)25-13-6-7-14-25/h4-5,8-12,15-16H,3,6-7,13-14H2,1-2H3,(H2,23,24,26,28)/t16-/m0/s1. The fourth-order valence-corrected chi connectivity index (χ4v) is 3.37. The molecular formula is C22H27N3O2S. The second-order valence-corrected chi connectivity index (χ2v) is 7.39. The van der Waals surface area contributed by atoms with Gasteiger partial charge in [0.15, 0.2) is 5.11 Å². The molecule has 0 unspecified atom stereocenters. The van der Waals surface area contributed by atoms with Crippen LogP contribution in [0.25, 0.3) is 0 Å². The highest BCUT2D eigenvalue weighted by Gasteiger charge is 2.16. The quantitative estimate of drug-likeness (QED) is 0.698. The lowest BCUT2D eigenvalue weighted by molar-refractivity contribution is 0.0977. The van der Waals surface area contributed by atoms with Gasteiger partial charge in [0.1, 0.15) is 5.75 Å². The van der Waals surface area contributed by atoms with Crippen molar-refractivity contribution in [2.45, 2.75) is 39.2 Å². The van der Waals surface area contributed by atoms with E-state index < -0.39 is 0 Å². The van der Waals surface area contributed by atoms with Gasteiger partial charge in [-0.15, -0.1) is 0 Å². The van der Waals surface area contributed by atoms with Crippen LogP contribution in [0.15, 0.2) is 48.5 Å². The number of amides is 1. The smallest absolute Gasteiger partial charge is 0.257 e. The molecule has 28 heavy (non-hydrogen) atoms. The summed E-state index contributed by atoms with van der Waals surface area (Å²) in [5.41, 5.74) is 2.53. The van der Waals surface area contributed by atoms with Crippen LogP contribution in [0.4, 0.5) is 11.4 Å². The Labute approximate surface area is 172 Å². The molecule has 2 aromatic rings. The predicted molar refractivity (Wildman–Crippen MR) is 118 cm³/mol. The van der Waals surface area contributed by atoms with E-state index in [1.165, 1.54) is 12.8 Å². The number of benzene rings is 2. The molecular weight excluding hydrogens is 370 g/mol. The summed E-state index contributed by atoms with van der Waals surface area (Å²) in [6.45, 7) is 6.15. The molecule has 0 bridgehead atoms. The van der Waals surface area contributed by atoms with Crippen LogP contribution in [-0.2, 0) is 0 Å². The van der Waals surface area contributed by atoms with Gasteiger partial charge in [-0.3, -0.25) is 10.1 Å². The van der Waals surface area contributed by atoms with E-state index in [4.69, 9.17) is 17.0 Å². The SMILES string of the molecule is CC[C@H](C)Oc1cccc(C(=O)NC(=S)Nc2ccccc2N2CCCC2)c1. The summed E-state index contributed by atoms with van der Waals surface area (Å²) >= 11 is 5.38. The van der Waals surface area contributed by atoms with E-state index in [1.807, 2.05) is 37.3 Å². The minimum atomic E-state index is -0.259. The van der Waals surface area contributed by atoms with E-state index in [0.29, 0.717) is 11.3 Å². The molecule has 2 N–H and O–H groups in total. The lowest BCUT2D eigenvalue weighted by atomic mass is 10.2. The van der Waals surface area contributed by atoms with E-state index >= 15 is 0 Å². The van der Waals surface area contributed by atoms with E-state index in [1.54, 1.807) is 12.1 Å². The molecule has 1 aliphatic rings. The number of para-hydroxylation sites is 2. The molecule has 0 aromatic heterocycles. The Kier molecular flexibility index (Phi) is 6.87. The molecule has 0 aliphatic carbocycles. The van der Waals surface area contributed by atoms with E-state index in [-0.39, 0.29) is 17.1 Å². The van der Waals surface area contributed by atoms with Gasteiger partial charge in [0, 0.05) is 18.7 Å². The van der Waals surface area contributed by atoms with Crippen LogP contribution in [0.1, 0.15) is 43.5 Å². The molecule has 0 spiro atoms. The van der Waals surface area contributed by atoms with Crippen LogP contribution < -0.4 is 20.3 Å². The number of thiocarbonyl (C=S) groups is 1. The van der Waals surface area contributed by atoms with Crippen molar-refractivity contribution in [3.8, 4) is 5.75 Å². The third kappa shape index (κ3) is 5.23. The van der Waals surface area contributed by atoms with Crippen molar-refractivity contribution in [3.63, 3.8) is 0 Å².